The molecule has 75 valence electrons. The standard InChI is InChI=1S/2C2H3O.2CH4O.V.W/c2*1-2-3;2*1-2;;/h2*1H3;2*2H,1H3;;/q2*-1;;;;/i;;2*1T;;. The molecule has 0 amide bonds. The molecule has 0 unspecified atom stereocenters. The largest absolute Gasteiger partial charge is 0.542 e. The molecule has 0 saturated carbocycles. The summed E-state index contributed by atoms with van der Waals surface area (Å²) in [6.45, 7) is 2.64. The topological polar surface area (TPSA) is 74.6 Å². The number of rotatable bonds is 0. The van der Waals surface area contributed by atoms with E-state index in [0.29, 0.717) is 0 Å². The molecule has 0 aromatic rings. The Morgan fingerprint density at radius 1 is 1.08 bits per heavy atom. The summed E-state index contributed by atoms with van der Waals surface area (Å²) in [5.41, 5.74) is 0. The molecule has 0 fully saturated rings. The van der Waals surface area contributed by atoms with Crippen molar-refractivity contribution in [2.75, 3.05) is 14.2 Å². The van der Waals surface area contributed by atoms with E-state index in [1.54, 1.807) is 0 Å². The Morgan fingerprint density at radius 2 is 1.08 bits per heavy atom. The van der Waals surface area contributed by atoms with Gasteiger partial charge in [0.1, 0.15) is 0 Å². The average Bonchev–Trinajstić information content (AvgIpc) is 1.92. The van der Waals surface area contributed by atoms with Crippen LogP contribution in [0.1, 0.15) is 16.6 Å². The van der Waals surface area contributed by atoms with Crippen molar-refractivity contribution in [3.05, 3.63) is 0 Å². The first kappa shape index (κ1) is 22.9. The molecule has 4 nitrogen and oxygen atoms in total. The maximum absolute atomic E-state index is 8.68. The van der Waals surface area contributed by atoms with Crippen molar-refractivity contribution < 1.29 is 62.2 Å². The van der Waals surface area contributed by atoms with Crippen LogP contribution in [-0.2, 0) is 49.2 Å². The Morgan fingerprint density at radius 3 is 1.08 bits per heavy atom. The smallest absolute Gasteiger partial charge is 0.0527 e. The zero-order valence-corrected chi connectivity index (χ0v) is 11.3. The van der Waals surface area contributed by atoms with Gasteiger partial charge in [-0.25, -0.2) is 0 Å². The van der Waals surface area contributed by atoms with Gasteiger partial charge in [-0.05, 0) is 0 Å². The van der Waals surface area contributed by atoms with Gasteiger partial charge in [-0.15, -0.1) is 0 Å². The van der Waals surface area contributed by atoms with E-state index in [0.717, 1.165) is 0 Å². The van der Waals surface area contributed by atoms with E-state index < -0.39 is 14.2 Å². The number of hydrogen-bond donors (Lipinski definition) is 2. The van der Waals surface area contributed by atoms with Crippen LogP contribution in [0.15, 0.2) is 0 Å². The van der Waals surface area contributed by atoms with Crippen molar-refractivity contribution in [1.29, 1.82) is 0 Å². The van der Waals surface area contributed by atoms with E-state index in [1.807, 2.05) is 0 Å². The molecule has 1 radical (unpaired) electrons. The summed E-state index contributed by atoms with van der Waals surface area (Å²) in [6.07, 6.45) is 3.00. The molecule has 0 bridgehead atoms. The molecule has 0 rings (SSSR count). The van der Waals surface area contributed by atoms with Gasteiger partial charge in [-0.1, -0.05) is 0 Å². The third-order valence-corrected chi connectivity index (χ3v) is 0. The Bertz CT molecular complexity index is 63.8. The molecular weight excluding hydrogens is 371 g/mol. The summed E-state index contributed by atoms with van der Waals surface area (Å²) in [5, 5.41) is 14.5. The zero-order chi connectivity index (χ0) is 10.8. The maximum atomic E-state index is 8.68. The minimum Gasteiger partial charge on any atom is -0.542 e. The predicted octanol–water partition coefficient (Wildman–Crippen LogP) is -0.556. The molecule has 0 spiro atoms. The summed E-state index contributed by atoms with van der Waals surface area (Å²) >= 11 is 0. The second kappa shape index (κ2) is 199. The minimum absolute atomic E-state index is 0. The third-order valence-electron chi connectivity index (χ3n) is 0. The molecule has 2 N–H and O–H groups in total. The summed E-state index contributed by atoms with van der Waals surface area (Å²) in [4.78, 5) is 17.4. The van der Waals surface area contributed by atoms with E-state index >= 15 is 0 Å². The van der Waals surface area contributed by atoms with Gasteiger partial charge in [0.15, 0.2) is 0 Å². The van der Waals surface area contributed by atoms with Crippen molar-refractivity contribution in [3.8, 4) is 0 Å². The second-order valence-electron chi connectivity index (χ2n) is 0.408. The van der Waals surface area contributed by atoms with Crippen LogP contribution in [0.25, 0.3) is 0 Å². The van der Waals surface area contributed by atoms with Gasteiger partial charge in [0.05, 0.1) is 2.74 Å². The monoisotopic (exact) mass is 389 g/mol. The van der Waals surface area contributed by atoms with Crippen LogP contribution in [0, 0.1) is 0 Å². The van der Waals surface area contributed by atoms with E-state index in [9.17, 15) is 0 Å². The Labute approximate surface area is 103 Å². The summed E-state index contributed by atoms with van der Waals surface area (Å²) in [7, 11) is -1.00. The quantitative estimate of drug-likeness (QED) is 0.546. The fraction of sp³-hybridized carbons (Fsp3) is 0.667. The predicted molar refractivity (Wildman–Crippen MR) is 39.0 cm³/mol. The van der Waals surface area contributed by atoms with Crippen LogP contribution in [0.4, 0.5) is 0 Å². The van der Waals surface area contributed by atoms with E-state index in [4.69, 9.17) is 22.5 Å². The molecule has 0 aliphatic heterocycles. The molecule has 0 heterocycles. The van der Waals surface area contributed by atoms with Gasteiger partial charge in [0, 0.05) is 53.8 Å². The van der Waals surface area contributed by atoms with Crippen LogP contribution in [0.2, 0.25) is 0 Å². The number of hydrogen-bond acceptors (Lipinski definition) is 4. The number of aliphatic hydroxyl groups is 2. The van der Waals surface area contributed by atoms with E-state index in [2.05, 4.69) is 0 Å². The van der Waals surface area contributed by atoms with E-state index in [1.165, 1.54) is 26.4 Å². The van der Waals surface area contributed by atoms with Crippen LogP contribution in [-0.4, -0.2) is 37.0 Å². The molecule has 0 aromatic heterocycles. The average molecular weight is 389 g/mol. The van der Waals surface area contributed by atoms with Crippen molar-refractivity contribution in [2.45, 2.75) is 13.8 Å². The van der Waals surface area contributed by atoms with Gasteiger partial charge in [-0.3, -0.25) is 12.6 Å². The van der Waals surface area contributed by atoms with Crippen molar-refractivity contribution >= 4 is 12.6 Å². The third kappa shape index (κ3) is 3370. The van der Waals surface area contributed by atoms with Crippen LogP contribution in [0.3, 0.4) is 0 Å². The minimum atomic E-state index is -0.500. The molecule has 0 aliphatic rings. The summed E-state index contributed by atoms with van der Waals surface area (Å²) in [5.74, 6) is 0. The fourth-order valence-corrected chi connectivity index (χ4v) is 0. The summed E-state index contributed by atoms with van der Waals surface area (Å²) in [6, 6.07) is 0. The van der Waals surface area contributed by atoms with Gasteiger partial charge >= 0.3 is 0 Å². The first-order valence-corrected chi connectivity index (χ1v) is 2.04. The molecule has 0 aliphatic carbocycles. The fourth-order valence-electron chi connectivity index (χ4n) is 0. The van der Waals surface area contributed by atoms with Gasteiger partial charge in [0.25, 0.3) is 0 Å². The zero-order valence-electron chi connectivity index (χ0n) is 8.98. The Hall–Kier alpha value is 0.533. The molecular formula is C6H14O4VW-2. The number of aliphatic hydroxyl groups excluding tert-OH is 2. The van der Waals surface area contributed by atoms with Crippen molar-refractivity contribution in [2.24, 2.45) is 0 Å². The molecule has 0 atom stereocenters. The van der Waals surface area contributed by atoms with Gasteiger partial charge in [0.2, 0.25) is 0 Å². The van der Waals surface area contributed by atoms with Gasteiger partial charge in [-0.2, -0.15) is 13.8 Å². The van der Waals surface area contributed by atoms with Crippen LogP contribution in [0.5, 0.6) is 0 Å². The van der Waals surface area contributed by atoms with Crippen LogP contribution >= 0.6 is 0 Å². The molecule has 6 heteroatoms. The molecule has 0 aromatic carbocycles. The number of carbonyl (C=O) groups excluding carboxylic acids is 2. The van der Waals surface area contributed by atoms with Crippen molar-refractivity contribution in [3.63, 3.8) is 0 Å². The maximum Gasteiger partial charge on any atom is 0.0527 e. The second-order valence-corrected chi connectivity index (χ2v) is 0.408. The molecule has 12 heavy (non-hydrogen) atoms. The normalized spacial score (nSPS) is 5.33. The van der Waals surface area contributed by atoms with Crippen LogP contribution < -0.4 is 0 Å². The Balaban J connectivity index is -0.0000000145. The Kier molecular flexibility index (Phi) is 381. The van der Waals surface area contributed by atoms with Crippen molar-refractivity contribution in [1.82, 2.24) is 0 Å². The van der Waals surface area contributed by atoms with E-state index in [-0.39, 0.29) is 39.6 Å². The SMILES string of the molecule is C[C-]=O.C[C-]=O.[3H]CO.[3H]CO.[V].[W]. The first-order valence-electron chi connectivity index (χ1n) is 3.45. The van der Waals surface area contributed by atoms with Gasteiger partial charge < -0.3 is 19.8 Å². The first-order chi connectivity index (χ1) is 5.66. The molecule has 0 saturated heterocycles. The summed E-state index contributed by atoms with van der Waals surface area (Å²) < 4.78 is 11.5.